The summed E-state index contributed by atoms with van der Waals surface area (Å²) in [5.41, 5.74) is 0. The molecule has 0 unspecified atom stereocenters. The summed E-state index contributed by atoms with van der Waals surface area (Å²) >= 11 is 1.83. The highest BCUT2D eigenvalue weighted by atomic mass is 32.2. The molecule has 0 aliphatic carbocycles. The van der Waals surface area contributed by atoms with E-state index < -0.39 is 24.1 Å². The minimum atomic E-state index is -1.06. The number of aliphatic hydroxyl groups excluding tert-OH is 1. The molecule has 0 bridgehead atoms. The molecule has 1 aliphatic heterocycles. The molecule has 1 aliphatic rings. The minimum absolute atomic E-state index is 0.0938. The van der Waals surface area contributed by atoms with E-state index in [-0.39, 0.29) is 13.0 Å². The lowest BCUT2D eigenvalue weighted by atomic mass is 10.2. The fraction of sp³-hybridized carbons (Fsp3) is 0.846. The lowest BCUT2D eigenvalue weighted by molar-refractivity contribution is -0.141. The van der Waals surface area contributed by atoms with Gasteiger partial charge in [0.2, 0.25) is 0 Å². The first kappa shape index (κ1) is 17.1. The molecule has 0 aromatic rings. The van der Waals surface area contributed by atoms with Crippen LogP contribution in [0.3, 0.4) is 0 Å². The molecule has 20 heavy (non-hydrogen) atoms. The van der Waals surface area contributed by atoms with Gasteiger partial charge in [-0.1, -0.05) is 12.8 Å². The minimum Gasteiger partial charge on any atom is -0.480 e. The fourth-order valence-corrected chi connectivity index (χ4v) is 2.79. The van der Waals surface area contributed by atoms with Crippen molar-refractivity contribution in [3.05, 3.63) is 0 Å². The molecule has 2 atom stereocenters. The number of urea groups is 1. The van der Waals surface area contributed by atoms with Crippen LogP contribution < -0.4 is 5.32 Å². The fourth-order valence-electron chi connectivity index (χ4n) is 2.29. The predicted octanol–water partition coefficient (Wildman–Crippen LogP) is 1.14. The quantitative estimate of drug-likeness (QED) is 0.585. The molecule has 1 heterocycles. The number of amides is 2. The van der Waals surface area contributed by atoms with Crippen molar-refractivity contribution in [2.75, 3.05) is 25.1 Å². The zero-order valence-corrected chi connectivity index (χ0v) is 12.7. The molecule has 7 heteroatoms. The number of aliphatic hydroxyl groups is 1. The second kappa shape index (κ2) is 9.07. The Labute approximate surface area is 123 Å². The number of thioether (sulfide) groups is 1. The molecule has 0 aromatic heterocycles. The summed E-state index contributed by atoms with van der Waals surface area (Å²) in [4.78, 5) is 24.1. The van der Waals surface area contributed by atoms with Gasteiger partial charge in [-0.2, -0.15) is 11.8 Å². The van der Waals surface area contributed by atoms with Gasteiger partial charge in [-0.05, 0) is 24.9 Å². The molecule has 0 saturated carbocycles. The Morgan fingerprint density at radius 1 is 1.30 bits per heavy atom. The first-order chi connectivity index (χ1) is 9.56. The zero-order chi connectivity index (χ0) is 15.0. The zero-order valence-electron chi connectivity index (χ0n) is 11.9. The molecule has 116 valence electrons. The Morgan fingerprint density at radius 2 is 2.00 bits per heavy atom. The number of hydrogen-bond acceptors (Lipinski definition) is 4. The van der Waals surface area contributed by atoms with Crippen LogP contribution in [0.15, 0.2) is 0 Å². The highest BCUT2D eigenvalue weighted by Crippen LogP contribution is 2.18. The van der Waals surface area contributed by atoms with Gasteiger partial charge in [0.15, 0.2) is 0 Å². The smallest absolute Gasteiger partial charge is 0.326 e. The van der Waals surface area contributed by atoms with E-state index in [1.807, 2.05) is 11.8 Å². The van der Waals surface area contributed by atoms with E-state index in [9.17, 15) is 14.7 Å². The number of likely N-dealkylation sites (tertiary alicyclic amines) is 1. The predicted molar refractivity (Wildman–Crippen MR) is 79.0 cm³/mol. The van der Waals surface area contributed by atoms with E-state index in [0.717, 1.165) is 25.0 Å². The Balaban J connectivity index is 2.20. The number of hydrogen-bond donors (Lipinski definition) is 3. The van der Waals surface area contributed by atoms with Gasteiger partial charge >= 0.3 is 12.0 Å². The Morgan fingerprint density at radius 3 is 2.65 bits per heavy atom. The van der Waals surface area contributed by atoms with Gasteiger partial charge < -0.3 is 20.4 Å². The number of aliphatic carboxylic acids is 1. The maximum atomic E-state index is 11.9. The molecule has 6 nitrogen and oxygen atoms in total. The monoisotopic (exact) mass is 304 g/mol. The van der Waals surface area contributed by atoms with Crippen molar-refractivity contribution in [3.63, 3.8) is 0 Å². The summed E-state index contributed by atoms with van der Waals surface area (Å²) < 4.78 is 0. The molecule has 0 spiro atoms. The van der Waals surface area contributed by atoms with E-state index in [0.29, 0.717) is 6.54 Å². The topological polar surface area (TPSA) is 89.9 Å². The molecule has 1 rings (SSSR count). The van der Waals surface area contributed by atoms with Crippen molar-refractivity contribution in [2.24, 2.45) is 0 Å². The normalized spacial score (nSPS) is 22.0. The van der Waals surface area contributed by atoms with E-state index in [2.05, 4.69) is 11.6 Å². The number of unbranched alkanes of at least 4 members (excludes halogenated alkanes) is 3. The third kappa shape index (κ3) is 5.58. The highest BCUT2D eigenvalue weighted by Gasteiger charge is 2.38. The van der Waals surface area contributed by atoms with E-state index >= 15 is 0 Å². The average Bonchev–Trinajstić information content (AvgIpc) is 2.80. The third-order valence-electron chi connectivity index (χ3n) is 3.38. The number of nitrogens with zero attached hydrogens (tertiary/aromatic N) is 1. The first-order valence-electron chi connectivity index (χ1n) is 7.00. The summed E-state index contributed by atoms with van der Waals surface area (Å²) in [6.45, 7) is 0.646. The highest BCUT2D eigenvalue weighted by molar-refractivity contribution is 7.98. The summed E-state index contributed by atoms with van der Waals surface area (Å²) in [6.07, 6.45) is 5.75. The molecule has 0 aromatic carbocycles. The van der Waals surface area contributed by atoms with E-state index in [1.54, 1.807) is 0 Å². The van der Waals surface area contributed by atoms with E-state index in [4.69, 9.17) is 5.11 Å². The van der Waals surface area contributed by atoms with Crippen molar-refractivity contribution in [2.45, 2.75) is 44.2 Å². The van der Waals surface area contributed by atoms with Crippen LogP contribution in [0.2, 0.25) is 0 Å². The van der Waals surface area contributed by atoms with Crippen LogP contribution in [0.25, 0.3) is 0 Å². The number of nitrogens with one attached hydrogen (secondary N) is 1. The lowest BCUT2D eigenvalue weighted by Crippen LogP contribution is -2.46. The Kier molecular flexibility index (Phi) is 7.76. The number of carbonyl (C=O) groups excluding carboxylic acids is 1. The van der Waals surface area contributed by atoms with E-state index in [1.165, 1.54) is 11.3 Å². The molecule has 1 saturated heterocycles. The van der Waals surface area contributed by atoms with Crippen molar-refractivity contribution >= 4 is 23.8 Å². The largest absolute Gasteiger partial charge is 0.480 e. The molecule has 1 fully saturated rings. The van der Waals surface area contributed by atoms with Gasteiger partial charge in [0.1, 0.15) is 6.04 Å². The van der Waals surface area contributed by atoms with Crippen LogP contribution in [0, 0.1) is 0 Å². The maximum Gasteiger partial charge on any atom is 0.326 e. The molecular weight excluding hydrogens is 280 g/mol. The summed E-state index contributed by atoms with van der Waals surface area (Å²) in [5.74, 6) is 0.104. The number of β-amino-alcohol motifs (C(OH)–C–C–N with tert-alkyl or cyclic N) is 1. The molecule has 2 amide bonds. The van der Waals surface area contributed by atoms with Crippen LogP contribution in [-0.4, -0.2) is 64.4 Å². The average molecular weight is 304 g/mol. The van der Waals surface area contributed by atoms with Gasteiger partial charge in [-0.25, -0.2) is 9.59 Å². The van der Waals surface area contributed by atoms with Gasteiger partial charge in [0.25, 0.3) is 0 Å². The van der Waals surface area contributed by atoms with Crippen LogP contribution >= 0.6 is 11.8 Å². The number of carboxylic acid groups (broad SMARTS) is 1. The second-order valence-corrected chi connectivity index (χ2v) is 6.02. The SMILES string of the molecule is CSCCCCCCNC(=O)N1C[C@H](O)C[C@H]1C(=O)O. The number of rotatable bonds is 8. The van der Waals surface area contributed by atoms with Crippen molar-refractivity contribution < 1.29 is 19.8 Å². The van der Waals surface area contributed by atoms with Crippen LogP contribution in [-0.2, 0) is 4.79 Å². The third-order valence-corrected chi connectivity index (χ3v) is 4.07. The Hall–Kier alpha value is -0.950. The summed E-state index contributed by atoms with van der Waals surface area (Å²) in [7, 11) is 0. The number of carbonyl (C=O) groups is 2. The molecule has 0 radical (unpaired) electrons. The summed E-state index contributed by atoms with van der Waals surface area (Å²) in [5, 5.41) is 21.2. The van der Waals surface area contributed by atoms with Crippen molar-refractivity contribution in [1.29, 1.82) is 0 Å². The maximum absolute atomic E-state index is 11.9. The van der Waals surface area contributed by atoms with Crippen LogP contribution in [0.1, 0.15) is 32.1 Å². The molecule has 3 N–H and O–H groups in total. The van der Waals surface area contributed by atoms with Gasteiger partial charge in [-0.3, -0.25) is 0 Å². The standard InChI is InChI=1S/C13H24N2O4S/c1-20-7-5-3-2-4-6-14-13(19)15-9-10(16)8-11(15)12(17)18/h10-11,16H,2-9H2,1H3,(H,14,19)(H,17,18)/t10-,11+/m1/s1. The van der Waals surface area contributed by atoms with Gasteiger partial charge in [0.05, 0.1) is 6.10 Å². The Bertz CT molecular complexity index is 327. The van der Waals surface area contributed by atoms with Crippen LogP contribution in [0.5, 0.6) is 0 Å². The number of carboxylic acids is 1. The lowest BCUT2D eigenvalue weighted by Gasteiger charge is -2.21. The van der Waals surface area contributed by atoms with Crippen molar-refractivity contribution in [3.8, 4) is 0 Å². The first-order valence-corrected chi connectivity index (χ1v) is 8.40. The molecular formula is C13H24N2O4S. The van der Waals surface area contributed by atoms with Gasteiger partial charge in [0, 0.05) is 19.5 Å². The second-order valence-electron chi connectivity index (χ2n) is 5.03. The summed E-state index contributed by atoms with van der Waals surface area (Å²) in [6, 6.07) is -1.30. The van der Waals surface area contributed by atoms with Crippen molar-refractivity contribution in [1.82, 2.24) is 10.2 Å². The van der Waals surface area contributed by atoms with Crippen LogP contribution in [0.4, 0.5) is 4.79 Å². The van der Waals surface area contributed by atoms with Gasteiger partial charge in [-0.15, -0.1) is 0 Å².